The quantitative estimate of drug-likeness (QED) is 0.812. The fourth-order valence-corrected chi connectivity index (χ4v) is 2.53. The van der Waals surface area contributed by atoms with Crippen LogP contribution in [0.2, 0.25) is 0 Å². The molecule has 2 N–H and O–H groups in total. The summed E-state index contributed by atoms with van der Waals surface area (Å²) >= 11 is 1.60. The van der Waals surface area contributed by atoms with Crippen molar-refractivity contribution in [2.24, 2.45) is 0 Å². The van der Waals surface area contributed by atoms with Crippen molar-refractivity contribution in [1.82, 2.24) is 15.6 Å². The highest BCUT2D eigenvalue weighted by Gasteiger charge is 2.16. The minimum absolute atomic E-state index is 0.125. The molecule has 1 fully saturated rings. The van der Waals surface area contributed by atoms with E-state index in [0.717, 1.165) is 31.0 Å². The Morgan fingerprint density at radius 2 is 2.53 bits per heavy atom. The highest BCUT2D eigenvalue weighted by molar-refractivity contribution is 7.99. The number of thioether (sulfide) groups is 1. The second kappa shape index (κ2) is 6.61. The number of hydrogen-bond donors (Lipinski definition) is 2. The maximum Gasteiger partial charge on any atom is 0.230 e. The minimum atomic E-state index is 0.125. The second-order valence-electron chi connectivity index (χ2n) is 4.07. The lowest BCUT2D eigenvalue weighted by molar-refractivity contribution is -0.119. The van der Waals surface area contributed by atoms with E-state index in [2.05, 4.69) is 15.6 Å². The van der Waals surface area contributed by atoms with Crippen LogP contribution in [0.15, 0.2) is 24.4 Å². The van der Waals surface area contributed by atoms with Crippen molar-refractivity contribution >= 4 is 17.7 Å². The van der Waals surface area contributed by atoms with E-state index in [0.29, 0.717) is 11.8 Å². The van der Waals surface area contributed by atoms with Gasteiger partial charge in [-0.15, -0.1) is 11.8 Å². The van der Waals surface area contributed by atoms with Crippen molar-refractivity contribution in [2.45, 2.75) is 18.2 Å². The highest BCUT2D eigenvalue weighted by atomic mass is 32.2. The van der Waals surface area contributed by atoms with Crippen LogP contribution in [0.5, 0.6) is 0 Å². The molecule has 0 aliphatic carbocycles. The van der Waals surface area contributed by atoms with Crippen LogP contribution >= 0.6 is 11.8 Å². The number of hydrogen-bond acceptors (Lipinski definition) is 4. The molecule has 0 aromatic carbocycles. The summed E-state index contributed by atoms with van der Waals surface area (Å²) < 4.78 is 0. The number of carbonyl (C=O) groups excluding carboxylic acids is 1. The molecule has 0 bridgehead atoms. The third kappa shape index (κ3) is 4.36. The Balaban J connectivity index is 1.63. The standard InChI is InChI=1S/C12H17N3OS/c16-12(15-10-4-6-13-7-10)9-17-8-11-3-1-2-5-14-11/h1-3,5,10,13H,4,6-9H2,(H,15,16). The molecule has 4 nitrogen and oxygen atoms in total. The number of nitrogens with one attached hydrogen (secondary N) is 2. The molecule has 5 heteroatoms. The molecular formula is C12H17N3OS. The van der Waals surface area contributed by atoms with Gasteiger partial charge in [-0.3, -0.25) is 9.78 Å². The molecule has 0 saturated carbocycles. The van der Waals surface area contributed by atoms with Gasteiger partial charge in [-0.2, -0.15) is 0 Å². The van der Waals surface area contributed by atoms with E-state index in [1.165, 1.54) is 0 Å². The zero-order valence-corrected chi connectivity index (χ0v) is 10.5. The zero-order chi connectivity index (χ0) is 11.9. The molecular weight excluding hydrogens is 234 g/mol. The molecule has 2 heterocycles. The van der Waals surface area contributed by atoms with Gasteiger partial charge in [-0.05, 0) is 25.1 Å². The first kappa shape index (κ1) is 12.4. The van der Waals surface area contributed by atoms with Crippen molar-refractivity contribution in [2.75, 3.05) is 18.8 Å². The van der Waals surface area contributed by atoms with Crippen LogP contribution in [0.4, 0.5) is 0 Å². The number of rotatable bonds is 5. The predicted octanol–water partition coefficient (Wildman–Crippen LogP) is 0.793. The van der Waals surface area contributed by atoms with E-state index in [1.807, 2.05) is 18.2 Å². The van der Waals surface area contributed by atoms with Gasteiger partial charge in [-0.25, -0.2) is 0 Å². The van der Waals surface area contributed by atoms with Crippen LogP contribution in [-0.4, -0.2) is 35.8 Å². The van der Waals surface area contributed by atoms with Crippen molar-refractivity contribution in [3.05, 3.63) is 30.1 Å². The van der Waals surface area contributed by atoms with Crippen molar-refractivity contribution in [1.29, 1.82) is 0 Å². The summed E-state index contributed by atoms with van der Waals surface area (Å²) in [5.74, 6) is 1.42. The van der Waals surface area contributed by atoms with Gasteiger partial charge >= 0.3 is 0 Å². The van der Waals surface area contributed by atoms with Gasteiger partial charge in [0.25, 0.3) is 0 Å². The largest absolute Gasteiger partial charge is 0.351 e. The molecule has 2 rings (SSSR count). The lowest BCUT2D eigenvalue weighted by Gasteiger charge is -2.10. The molecule has 1 aromatic rings. The summed E-state index contributed by atoms with van der Waals surface area (Å²) in [6.07, 6.45) is 2.82. The van der Waals surface area contributed by atoms with E-state index >= 15 is 0 Å². The molecule has 1 unspecified atom stereocenters. The first-order valence-electron chi connectivity index (χ1n) is 5.82. The Labute approximate surface area is 106 Å². The molecule has 1 aliphatic heterocycles. The average molecular weight is 251 g/mol. The van der Waals surface area contributed by atoms with Crippen LogP contribution < -0.4 is 10.6 Å². The second-order valence-corrected chi connectivity index (χ2v) is 5.06. The lowest BCUT2D eigenvalue weighted by Crippen LogP contribution is -2.37. The molecule has 92 valence electrons. The summed E-state index contributed by atoms with van der Waals surface area (Å²) in [7, 11) is 0. The molecule has 0 spiro atoms. The highest BCUT2D eigenvalue weighted by Crippen LogP contribution is 2.09. The number of aromatic nitrogens is 1. The number of amides is 1. The van der Waals surface area contributed by atoms with Crippen molar-refractivity contribution in [3.63, 3.8) is 0 Å². The van der Waals surface area contributed by atoms with Gasteiger partial charge in [0.15, 0.2) is 0 Å². The third-order valence-electron chi connectivity index (χ3n) is 2.63. The summed E-state index contributed by atoms with van der Waals surface area (Å²) in [5.41, 5.74) is 1.02. The number of pyridine rings is 1. The Kier molecular flexibility index (Phi) is 4.82. The van der Waals surface area contributed by atoms with E-state index in [9.17, 15) is 4.79 Å². The molecule has 0 radical (unpaired) electrons. The maximum absolute atomic E-state index is 11.6. The van der Waals surface area contributed by atoms with Gasteiger partial charge in [0, 0.05) is 24.5 Å². The first-order valence-corrected chi connectivity index (χ1v) is 6.98. The zero-order valence-electron chi connectivity index (χ0n) is 9.69. The van der Waals surface area contributed by atoms with Gasteiger partial charge < -0.3 is 10.6 Å². The number of carbonyl (C=O) groups is 1. The van der Waals surface area contributed by atoms with Gasteiger partial charge in [0.2, 0.25) is 5.91 Å². The SMILES string of the molecule is O=C(CSCc1ccccn1)NC1CCNC1. The topological polar surface area (TPSA) is 54.0 Å². The molecule has 17 heavy (non-hydrogen) atoms. The molecule has 1 saturated heterocycles. The van der Waals surface area contributed by atoms with Crippen LogP contribution in [0.25, 0.3) is 0 Å². The van der Waals surface area contributed by atoms with Gasteiger partial charge in [0.05, 0.1) is 11.4 Å². The molecule has 1 atom stereocenters. The summed E-state index contributed by atoms with van der Waals surface area (Å²) in [6.45, 7) is 1.91. The fraction of sp³-hybridized carbons (Fsp3) is 0.500. The minimum Gasteiger partial charge on any atom is -0.351 e. The van der Waals surface area contributed by atoms with Gasteiger partial charge in [0.1, 0.15) is 0 Å². The Bertz CT molecular complexity index is 352. The van der Waals surface area contributed by atoms with E-state index in [4.69, 9.17) is 0 Å². The smallest absolute Gasteiger partial charge is 0.230 e. The first-order chi connectivity index (χ1) is 8.34. The van der Waals surface area contributed by atoms with E-state index in [1.54, 1.807) is 18.0 Å². The number of nitrogens with zero attached hydrogens (tertiary/aromatic N) is 1. The molecule has 1 aromatic heterocycles. The third-order valence-corrected chi connectivity index (χ3v) is 3.60. The monoisotopic (exact) mass is 251 g/mol. The summed E-state index contributed by atoms with van der Waals surface area (Å²) in [4.78, 5) is 15.8. The van der Waals surface area contributed by atoms with Crippen LogP contribution in [-0.2, 0) is 10.5 Å². The molecule has 1 amide bonds. The van der Waals surface area contributed by atoms with Crippen LogP contribution in [0, 0.1) is 0 Å². The fourth-order valence-electron chi connectivity index (χ4n) is 1.78. The van der Waals surface area contributed by atoms with Crippen molar-refractivity contribution in [3.8, 4) is 0 Å². The van der Waals surface area contributed by atoms with E-state index < -0.39 is 0 Å². The Morgan fingerprint density at radius 1 is 1.59 bits per heavy atom. The van der Waals surface area contributed by atoms with Crippen LogP contribution in [0.1, 0.15) is 12.1 Å². The van der Waals surface area contributed by atoms with Gasteiger partial charge in [-0.1, -0.05) is 6.07 Å². The Morgan fingerprint density at radius 3 is 3.24 bits per heavy atom. The van der Waals surface area contributed by atoms with Crippen LogP contribution in [0.3, 0.4) is 0 Å². The molecule has 1 aliphatic rings. The Hall–Kier alpha value is -1.07. The predicted molar refractivity (Wildman–Crippen MR) is 69.8 cm³/mol. The lowest BCUT2D eigenvalue weighted by atomic mass is 10.3. The van der Waals surface area contributed by atoms with E-state index in [-0.39, 0.29) is 5.91 Å². The summed E-state index contributed by atoms with van der Waals surface area (Å²) in [6, 6.07) is 6.16. The average Bonchev–Trinajstić information content (AvgIpc) is 2.83. The van der Waals surface area contributed by atoms with Crippen molar-refractivity contribution < 1.29 is 4.79 Å². The normalized spacial score (nSPS) is 19.2. The summed E-state index contributed by atoms with van der Waals surface area (Å²) in [5, 5.41) is 6.25. The maximum atomic E-state index is 11.6.